The van der Waals surface area contributed by atoms with Crippen molar-refractivity contribution in [2.24, 2.45) is 0 Å². The zero-order valence-corrected chi connectivity index (χ0v) is 12.0. The summed E-state index contributed by atoms with van der Waals surface area (Å²) in [7, 11) is 0. The molecule has 1 saturated heterocycles. The van der Waals surface area contributed by atoms with Crippen molar-refractivity contribution in [2.75, 3.05) is 19.8 Å². The Kier molecular flexibility index (Phi) is 4.41. The lowest BCUT2D eigenvalue weighted by Gasteiger charge is -2.23. The maximum atomic E-state index is 11.9. The largest absolute Gasteiger partial charge is 0.484 e. The van der Waals surface area contributed by atoms with Gasteiger partial charge in [-0.05, 0) is 48.9 Å². The normalized spacial score (nSPS) is 21.9. The lowest BCUT2D eigenvalue weighted by molar-refractivity contribution is -0.124. The van der Waals surface area contributed by atoms with E-state index >= 15 is 0 Å². The molecule has 0 aromatic heterocycles. The van der Waals surface area contributed by atoms with Crippen LogP contribution in [-0.4, -0.2) is 36.9 Å². The molecule has 1 aliphatic carbocycles. The van der Waals surface area contributed by atoms with Gasteiger partial charge in [0.2, 0.25) is 0 Å². The Bertz CT molecular complexity index is 511. The van der Waals surface area contributed by atoms with Gasteiger partial charge >= 0.3 is 0 Å². The number of hydrogen-bond acceptors (Lipinski definition) is 4. The van der Waals surface area contributed by atoms with Crippen molar-refractivity contribution in [2.45, 2.75) is 37.8 Å². The second-order valence-electron chi connectivity index (χ2n) is 5.66. The molecule has 5 heteroatoms. The molecule has 2 N–H and O–H groups in total. The minimum Gasteiger partial charge on any atom is -0.484 e. The summed E-state index contributed by atoms with van der Waals surface area (Å²) >= 11 is 0. The van der Waals surface area contributed by atoms with Crippen LogP contribution in [-0.2, 0) is 16.0 Å². The molecule has 1 heterocycles. The molecule has 3 rings (SSSR count). The summed E-state index contributed by atoms with van der Waals surface area (Å²) in [5.41, 5.74) is 2.10. The Labute approximate surface area is 124 Å². The van der Waals surface area contributed by atoms with Crippen molar-refractivity contribution in [3.8, 4) is 5.75 Å². The van der Waals surface area contributed by atoms with Crippen LogP contribution in [0.2, 0.25) is 0 Å². The average molecular weight is 291 g/mol. The van der Waals surface area contributed by atoms with Crippen LogP contribution in [0.25, 0.3) is 0 Å². The number of aliphatic hydroxyl groups is 1. The van der Waals surface area contributed by atoms with E-state index in [-0.39, 0.29) is 24.7 Å². The maximum absolute atomic E-state index is 11.9. The topological polar surface area (TPSA) is 67.8 Å². The molecule has 2 aliphatic rings. The Morgan fingerprint density at radius 2 is 2.14 bits per heavy atom. The number of nitrogens with one attached hydrogen (secondary N) is 1. The molecule has 1 aromatic rings. The molecule has 0 saturated carbocycles. The van der Waals surface area contributed by atoms with E-state index in [1.807, 2.05) is 18.2 Å². The number of benzene rings is 1. The van der Waals surface area contributed by atoms with Crippen LogP contribution in [0.5, 0.6) is 5.75 Å². The summed E-state index contributed by atoms with van der Waals surface area (Å²) < 4.78 is 10.8. The third-order valence-corrected chi connectivity index (χ3v) is 4.12. The maximum Gasteiger partial charge on any atom is 0.258 e. The molecule has 0 bridgehead atoms. The van der Waals surface area contributed by atoms with E-state index in [9.17, 15) is 9.90 Å². The highest BCUT2D eigenvalue weighted by atomic mass is 16.5. The van der Waals surface area contributed by atoms with Crippen LogP contribution < -0.4 is 10.1 Å². The van der Waals surface area contributed by atoms with E-state index in [0.29, 0.717) is 19.0 Å². The Morgan fingerprint density at radius 1 is 1.33 bits per heavy atom. The minimum absolute atomic E-state index is 0.0265. The predicted molar refractivity (Wildman–Crippen MR) is 77.2 cm³/mol. The summed E-state index contributed by atoms with van der Waals surface area (Å²) in [5, 5.41) is 12.7. The summed E-state index contributed by atoms with van der Waals surface area (Å²) in [6, 6.07) is 5.83. The lowest BCUT2D eigenvalue weighted by atomic mass is 10.1. The first-order valence-electron chi connectivity index (χ1n) is 7.53. The quantitative estimate of drug-likeness (QED) is 0.878. The van der Waals surface area contributed by atoms with Gasteiger partial charge in [0, 0.05) is 19.3 Å². The monoisotopic (exact) mass is 291 g/mol. The van der Waals surface area contributed by atoms with Crippen LogP contribution in [0, 0.1) is 0 Å². The zero-order valence-electron chi connectivity index (χ0n) is 12.0. The molecule has 1 amide bonds. The highest BCUT2D eigenvalue weighted by molar-refractivity contribution is 5.77. The molecule has 0 radical (unpaired) electrons. The number of carbonyl (C=O) groups is 1. The summed E-state index contributed by atoms with van der Waals surface area (Å²) in [6.07, 6.45) is 3.00. The van der Waals surface area contributed by atoms with Gasteiger partial charge in [0.1, 0.15) is 5.75 Å². The molecule has 5 nitrogen and oxygen atoms in total. The number of hydrogen-bond donors (Lipinski definition) is 2. The Hall–Kier alpha value is -1.59. The Morgan fingerprint density at radius 3 is 2.95 bits per heavy atom. The van der Waals surface area contributed by atoms with Gasteiger partial charge in [0.15, 0.2) is 6.61 Å². The van der Waals surface area contributed by atoms with Crippen molar-refractivity contribution in [3.63, 3.8) is 0 Å². The third kappa shape index (κ3) is 3.54. The molecule has 1 aliphatic heterocycles. The van der Waals surface area contributed by atoms with Gasteiger partial charge in [-0.1, -0.05) is 6.07 Å². The van der Waals surface area contributed by atoms with E-state index in [2.05, 4.69) is 5.32 Å². The van der Waals surface area contributed by atoms with Crippen LogP contribution in [0.3, 0.4) is 0 Å². The number of ether oxygens (including phenoxy) is 2. The number of rotatable bonds is 4. The molecule has 0 spiro atoms. The van der Waals surface area contributed by atoms with Crippen LogP contribution >= 0.6 is 0 Å². The predicted octanol–water partition coefficient (Wildman–Crippen LogP) is 1.34. The van der Waals surface area contributed by atoms with Crippen molar-refractivity contribution in [1.82, 2.24) is 5.32 Å². The number of amides is 1. The van der Waals surface area contributed by atoms with Gasteiger partial charge in [0.05, 0.1) is 6.10 Å². The summed E-state index contributed by atoms with van der Waals surface area (Å²) in [4.78, 5) is 11.9. The van der Waals surface area contributed by atoms with Gasteiger partial charge in [0.25, 0.3) is 5.91 Å². The van der Waals surface area contributed by atoms with Gasteiger partial charge in [-0.25, -0.2) is 0 Å². The summed E-state index contributed by atoms with van der Waals surface area (Å²) in [6.45, 7) is 1.44. The van der Waals surface area contributed by atoms with E-state index in [0.717, 1.165) is 36.8 Å². The van der Waals surface area contributed by atoms with Crippen molar-refractivity contribution < 1.29 is 19.4 Å². The number of carbonyl (C=O) groups excluding carboxylic acids is 1. The molecule has 114 valence electrons. The van der Waals surface area contributed by atoms with E-state index in [1.165, 1.54) is 0 Å². The second kappa shape index (κ2) is 6.45. The molecular formula is C16H21NO4. The van der Waals surface area contributed by atoms with Gasteiger partial charge in [-0.3, -0.25) is 4.79 Å². The lowest BCUT2D eigenvalue weighted by Crippen LogP contribution is -2.41. The second-order valence-corrected chi connectivity index (χ2v) is 5.66. The molecule has 0 unspecified atom stereocenters. The smallest absolute Gasteiger partial charge is 0.258 e. The van der Waals surface area contributed by atoms with Gasteiger partial charge < -0.3 is 19.9 Å². The molecular weight excluding hydrogens is 270 g/mol. The first-order chi connectivity index (χ1) is 10.2. The van der Waals surface area contributed by atoms with E-state index in [4.69, 9.17) is 9.47 Å². The molecule has 21 heavy (non-hydrogen) atoms. The minimum atomic E-state index is -0.356. The first-order valence-corrected chi connectivity index (χ1v) is 7.53. The fraction of sp³-hybridized carbons (Fsp3) is 0.562. The fourth-order valence-electron chi connectivity index (χ4n) is 2.92. The first kappa shape index (κ1) is 14.4. The van der Waals surface area contributed by atoms with E-state index in [1.54, 1.807) is 0 Å². The number of aryl methyl sites for hydroxylation is 1. The average Bonchev–Trinajstić information content (AvgIpc) is 2.87. The number of fused-ring (bicyclic) bond motifs is 1. The van der Waals surface area contributed by atoms with Crippen LogP contribution in [0.15, 0.2) is 18.2 Å². The standard InChI is InChI=1S/C16H21NO4/c18-15-4-1-11-9-13(2-3-14(11)15)21-10-16(19)17-12-5-7-20-8-6-12/h2-3,9,12,15,18H,1,4-8,10H2,(H,17,19)/t15-/m1/s1. The number of aliphatic hydroxyl groups excluding tert-OH is 1. The Balaban J connectivity index is 1.49. The third-order valence-electron chi connectivity index (χ3n) is 4.12. The van der Waals surface area contributed by atoms with Crippen molar-refractivity contribution >= 4 is 5.91 Å². The highest BCUT2D eigenvalue weighted by Crippen LogP contribution is 2.33. The molecule has 1 fully saturated rings. The van der Waals surface area contributed by atoms with Crippen molar-refractivity contribution in [3.05, 3.63) is 29.3 Å². The van der Waals surface area contributed by atoms with E-state index < -0.39 is 0 Å². The summed E-state index contributed by atoms with van der Waals surface area (Å²) in [5.74, 6) is 0.590. The van der Waals surface area contributed by atoms with Crippen LogP contribution in [0.4, 0.5) is 0 Å². The molecule has 1 aromatic carbocycles. The zero-order chi connectivity index (χ0) is 14.7. The fourth-order valence-corrected chi connectivity index (χ4v) is 2.92. The van der Waals surface area contributed by atoms with Gasteiger partial charge in [-0.15, -0.1) is 0 Å². The van der Waals surface area contributed by atoms with Crippen LogP contribution in [0.1, 0.15) is 36.5 Å². The molecule has 1 atom stereocenters. The van der Waals surface area contributed by atoms with Crippen molar-refractivity contribution in [1.29, 1.82) is 0 Å². The highest BCUT2D eigenvalue weighted by Gasteiger charge is 2.21. The van der Waals surface area contributed by atoms with Gasteiger partial charge in [-0.2, -0.15) is 0 Å². The SMILES string of the molecule is O=C(COc1ccc2c(c1)CC[C@H]2O)NC1CCOCC1.